The molecule has 1 saturated heterocycles. The predicted octanol–water partition coefficient (Wildman–Crippen LogP) is 4.79. The fraction of sp³-hybridized carbons (Fsp3) is 0.385. The van der Waals surface area contributed by atoms with E-state index in [0.29, 0.717) is 41.9 Å². The number of hydrogen-bond acceptors (Lipinski definition) is 6. The van der Waals surface area contributed by atoms with Crippen molar-refractivity contribution in [3.8, 4) is 17.5 Å². The van der Waals surface area contributed by atoms with E-state index >= 15 is 0 Å². The van der Waals surface area contributed by atoms with Crippen LogP contribution in [0.15, 0.2) is 35.1 Å². The molecule has 3 aromatic rings. The Bertz CT molecular complexity index is 1420. The Labute approximate surface area is 202 Å². The minimum atomic E-state index is -0.690. The van der Waals surface area contributed by atoms with Gasteiger partial charge in [0.15, 0.2) is 11.6 Å². The summed E-state index contributed by atoms with van der Waals surface area (Å²) in [5.41, 5.74) is 0.520. The average molecular weight is 479 g/mol. The predicted molar refractivity (Wildman–Crippen MR) is 128 cm³/mol. The van der Waals surface area contributed by atoms with E-state index in [1.54, 1.807) is 44.7 Å². The molecule has 0 N–H and O–H groups in total. The third kappa shape index (κ3) is 4.56. The van der Waals surface area contributed by atoms with Gasteiger partial charge in [0.05, 0.1) is 41.4 Å². The number of carbonyl (C=O) groups is 1. The minimum Gasteiger partial charge on any atom is -0.494 e. The Hall–Kier alpha value is -3.93. The molecule has 182 valence electrons. The highest BCUT2D eigenvalue weighted by Crippen LogP contribution is 2.34. The van der Waals surface area contributed by atoms with Crippen LogP contribution in [0, 0.1) is 24.1 Å². The number of rotatable bonds is 3. The van der Waals surface area contributed by atoms with Crippen LogP contribution in [0.2, 0.25) is 0 Å². The average Bonchev–Trinajstić information content (AvgIpc) is 3.28. The zero-order valence-corrected chi connectivity index (χ0v) is 20.4. The van der Waals surface area contributed by atoms with Crippen LogP contribution in [-0.2, 0) is 4.74 Å². The van der Waals surface area contributed by atoms with Crippen LogP contribution in [-0.4, -0.2) is 39.8 Å². The molecule has 1 aromatic heterocycles. The van der Waals surface area contributed by atoms with Gasteiger partial charge < -0.3 is 9.47 Å². The van der Waals surface area contributed by atoms with Gasteiger partial charge in [-0.1, -0.05) is 0 Å². The molecular formula is C26H27FN4O4. The monoisotopic (exact) mass is 478 g/mol. The Balaban J connectivity index is 1.98. The highest BCUT2D eigenvalue weighted by molar-refractivity contribution is 5.83. The lowest BCUT2D eigenvalue weighted by atomic mass is 10.1. The van der Waals surface area contributed by atoms with Crippen molar-refractivity contribution in [1.29, 1.82) is 5.26 Å². The number of nitriles is 1. The first-order valence-corrected chi connectivity index (χ1v) is 11.3. The molecule has 35 heavy (non-hydrogen) atoms. The number of halogens is 1. The Morgan fingerprint density at radius 1 is 1.26 bits per heavy atom. The van der Waals surface area contributed by atoms with Gasteiger partial charge >= 0.3 is 6.09 Å². The summed E-state index contributed by atoms with van der Waals surface area (Å²) >= 11 is 0. The molecular weight excluding hydrogens is 451 g/mol. The summed E-state index contributed by atoms with van der Waals surface area (Å²) in [6.45, 7) is 7.58. The fourth-order valence-electron chi connectivity index (χ4n) is 4.39. The molecule has 1 aliphatic heterocycles. The molecule has 0 radical (unpaired) electrons. The normalized spacial score (nSPS) is 15.8. The Kier molecular flexibility index (Phi) is 6.24. The molecule has 0 unspecified atom stereocenters. The number of aromatic nitrogens is 2. The third-order valence-electron chi connectivity index (χ3n) is 5.89. The first-order valence-electron chi connectivity index (χ1n) is 11.3. The van der Waals surface area contributed by atoms with Crippen molar-refractivity contribution in [1.82, 2.24) is 14.5 Å². The molecule has 1 fully saturated rings. The number of methoxy groups -OCH3 is 1. The quantitative estimate of drug-likeness (QED) is 0.537. The van der Waals surface area contributed by atoms with E-state index in [4.69, 9.17) is 14.5 Å². The van der Waals surface area contributed by atoms with E-state index in [1.807, 2.05) is 0 Å². The molecule has 4 rings (SSSR count). The van der Waals surface area contributed by atoms with Crippen LogP contribution >= 0.6 is 0 Å². The van der Waals surface area contributed by atoms with Crippen molar-refractivity contribution < 1.29 is 18.7 Å². The number of carbonyl (C=O) groups excluding carboxylic acids is 1. The number of ether oxygens (including phenoxy) is 2. The van der Waals surface area contributed by atoms with E-state index in [2.05, 4.69) is 6.07 Å². The van der Waals surface area contributed by atoms with Crippen LogP contribution < -0.4 is 10.3 Å². The SMILES string of the molecule is COc1ccc(-n2c([C@H]3CCCN3C(=O)OC(C)(C)C)nc3c(C)cc(C#N)cc3c2=O)cc1F. The molecule has 2 heterocycles. The summed E-state index contributed by atoms with van der Waals surface area (Å²) < 4.78 is 26.6. The second-order valence-electron chi connectivity index (χ2n) is 9.56. The zero-order valence-electron chi connectivity index (χ0n) is 20.4. The molecule has 8 nitrogen and oxygen atoms in total. The molecule has 0 saturated carbocycles. The molecule has 2 aromatic carbocycles. The van der Waals surface area contributed by atoms with E-state index in [0.717, 1.165) is 0 Å². The lowest BCUT2D eigenvalue weighted by Crippen LogP contribution is -2.38. The largest absolute Gasteiger partial charge is 0.494 e. The summed E-state index contributed by atoms with van der Waals surface area (Å²) in [6, 6.07) is 8.85. The van der Waals surface area contributed by atoms with Gasteiger partial charge in [-0.2, -0.15) is 5.26 Å². The maximum absolute atomic E-state index is 14.7. The standard InChI is InChI=1S/C26H27FN4O4/c1-15-11-16(14-28)12-18-22(15)29-23(20-7-6-10-30(20)25(33)35-26(2,3)4)31(24(18)32)17-8-9-21(34-5)19(27)13-17/h8-9,11-13,20H,6-7,10H2,1-5H3/t20-/m1/s1. The maximum Gasteiger partial charge on any atom is 0.410 e. The molecule has 0 spiro atoms. The Morgan fingerprint density at radius 2 is 2.00 bits per heavy atom. The smallest absolute Gasteiger partial charge is 0.410 e. The van der Waals surface area contributed by atoms with Gasteiger partial charge in [-0.15, -0.1) is 0 Å². The van der Waals surface area contributed by atoms with Crippen LogP contribution in [0.1, 0.15) is 56.6 Å². The Morgan fingerprint density at radius 3 is 2.63 bits per heavy atom. The number of benzene rings is 2. The summed E-state index contributed by atoms with van der Waals surface area (Å²) in [6.07, 6.45) is 0.755. The number of amides is 1. The van der Waals surface area contributed by atoms with E-state index in [-0.39, 0.29) is 16.8 Å². The van der Waals surface area contributed by atoms with Gasteiger partial charge in [-0.25, -0.2) is 14.2 Å². The van der Waals surface area contributed by atoms with Crippen molar-refractivity contribution in [3.05, 3.63) is 63.5 Å². The first kappa shape index (κ1) is 24.2. The molecule has 0 aliphatic carbocycles. The summed E-state index contributed by atoms with van der Waals surface area (Å²) in [5.74, 6) is -0.292. The third-order valence-corrected chi connectivity index (χ3v) is 5.89. The molecule has 1 aliphatic rings. The van der Waals surface area contributed by atoms with Gasteiger partial charge in [0, 0.05) is 12.6 Å². The highest BCUT2D eigenvalue weighted by atomic mass is 19.1. The minimum absolute atomic E-state index is 0.0379. The highest BCUT2D eigenvalue weighted by Gasteiger charge is 2.36. The van der Waals surface area contributed by atoms with Gasteiger partial charge in [-0.05, 0) is 70.4 Å². The maximum atomic E-state index is 14.7. The first-order chi connectivity index (χ1) is 16.5. The lowest BCUT2D eigenvalue weighted by molar-refractivity contribution is 0.0216. The fourth-order valence-corrected chi connectivity index (χ4v) is 4.39. The second kappa shape index (κ2) is 9.02. The molecule has 0 bridgehead atoms. The van der Waals surface area contributed by atoms with Crippen molar-refractivity contribution >= 4 is 17.0 Å². The van der Waals surface area contributed by atoms with Crippen molar-refractivity contribution in [3.63, 3.8) is 0 Å². The second-order valence-corrected chi connectivity index (χ2v) is 9.56. The van der Waals surface area contributed by atoms with E-state index in [9.17, 15) is 19.2 Å². The number of hydrogen-bond donors (Lipinski definition) is 0. The van der Waals surface area contributed by atoms with Gasteiger partial charge in [0.25, 0.3) is 5.56 Å². The topological polar surface area (TPSA) is 97.4 Å². The molecule has 1 atom stereocenters. The summed E-state index contributed by atoms with van der Waals surface area (Å²) in [5, 5.41) is 9.65. The van der Waals surface area contributed by atoms with Crippen molar-refractivity contribution in [2.45, 2.75) is 52.2 Å². The van der Waals surface area contributed by atoms with E-state index < -0.39 is 29.1 Å². The summed E-state index contributed by atoms with van der Waals surface area (Å²) in [4.78, 5) is 33.2. The van der Waals surface area contributed by atoms with Crippen LogP contribution in [0.25, 0.3) is 16.6 Å². The van der Waals surface area contributed by atoms with Gasteiger partial charge in [0.1, 0.15) is 11.4 Å². The van der Waals surface area contributed by atoms with Gasteiger partial charge in [-0.3, -0.25) is 14.3 Å². The summed E-state index contributed by atoms with van der Waals surface area (Å²) in [7, 11) is 1.36. The zero-order chi connectivity index (χ0) is 25.5. The number of aryl methyl sites for hydroxylation is 1. The molecule has 1 amide bonds. The number of likely N-dealkylation sites (tertiary alicyclic amines) is 1. The molecule has 9 heteroatoms. The van der Waals surface area contributed by atoms with Crippen LogP contribution in [0.5, 0.6) is 5.75 Å². The van der Waals surface area contributed by atoms with E-state index in [1.165, 1.54) is 29.9 Å². The van der Waals surface area contributed by atoms with Crippen molar-refractivity contribution in [2.24, 2.45) is 0 Å². The van der Waals surface area contributed by atoms with Crippen molar-refractivity contribution in [2.75, 3.05) is 13.7 Å². The number of nitrogens with zero attached hydrogens (tertiary/aromatic N) is 4. The van der Waals surface area contributed by atoms with Gasteiger partial charge in [0.2, 0.25) is 0 Å². The lowest BCUT2D eigenvalue weighted by Gasteiger charge is -2.29. The van der Waals surface area contributed by atoms with Crippen LogP contribution in [0.4, 0.5) is 9.18 Å². The number of fused-ring (bicyclic) bond motifs is 1. The van der Waals surface area contributed by atoms with Crippen LogP contribution in [0.3, 0.4) is 0 Å².